The highest BCUT2D eigenvalue weighted by molar-refractivity contribution is 5.67. The first-order chi connectivity index (χ1) is 7.55. The summed E-state index contributed by atoms with van der Waals surface area (Å²) in [6.07, 6.45) is -1.69. The molecule has 0 spiro atoms. The van der Waals surface area contributed by atoms with Gasteiger partial charge in [0.15, 0.2) is 0 Å². The average Bonchev–Trinajstić information content (AvgIpc) is 2.72. The third-order valence-corrected chi connectivity index (χ3v) is 2.88. The molecule has 0 aliphatic carbocycles. The normalized spacial score (nSPS) is 26.6. The Morgan fingerprint density at radius 3 is 2.75 bits per heavy atom. The van der Waals surface area contributed by atoms with Crippen molar-refractivity contribution in [1.82, 2.24) is 0 Å². The van der Waals surface area contributed by atoms with Gasteiger partial charge in [0.2, 0.25) is 0 Å². The van der Waals surface area contributed by atoms with Gasteiger partial charge >= 0.3 is 6.18 Å². The van der Waals surface area contributed by atoms with Crippen molar-refractivity contribution in [2.24, 2.45) is 0 Å². The minimum atomic E-state index is -4.42. The molecule has 0 radical (unpaired) electrons. The predicted octanol–water partition coefficient (Wildman–Crippen LogP) is 3.06. The average molecular weight is 227 g/mol. The van der Waals surface area contributed by atoms with Crippen molar-refractivity contribution in [3.8, 4) is 5.75 Å². The zero-order valence-electron chi connectivity index (χ0n) is 8.16. The highest BCUT2D eigenvalue weighted by atomic mass is 19.4. The minimum Gasteiger partial charge on any atom is -0.455 e. The van der Waals surface area contributed by atoms with Gasteiger partial charge in [-0.3, -0.25) is 4.90 Å². The first kappa shape index (κ1) is 9.57. The van der Waals surface area contributed by atoms with Gasteiger partial charge in [-0.1, -0.05) is 18.2 Å². The minimum absolute atomic E-state index is 0.175. The molecule has 1 atom stereocenters. The zero-order valence-corrected chi connectivity index (χ0v) is 8.16. The fourth-order valence-corrected chi connectivity index (χ4v) is 2.14. The number of rotatable bonds is 0. The number of alkyl halides is 3. The van der Waals surface area contributed by atoms with Gasteiger partial charge < -0.3 is 4.74 Å². The van der Waals surface area contributed by atoms with Gasteiger partial charge in [0, 0.05) is 12.6 Å². The molecule has 2 aliphatic rings. The molecule has 0 fully saturated rings. The summed E-state index contributed by atoms with van der Waals surface area (Å²) in [7, 11) is 0. The third kappa shape index (κ3) is 0.977. The van der Waals surface area contributed by atoms with Crippen LogP contribution in [-0.4, -0.2) is 11.9 Å². The molecule has 1 unspecified atom stereocenters. The molecule has 1 aromatic rings. The molecular weight excluding hydrogens is 219 g/mol. The van der Waals surface area contributed by atoms with Crippen LogP contribution in [0.1, 0.15) is 6.42 Å². The van der Waals surface area contributed by atoms with E-state index in [1.54, 1.807) is 24.3 Å². The maximum Gasteiger partial charge on any atom is 0.449 e. The Morgan fingerprint density at radius 1 is 1.25 bits per heavy atom. The Labute approximate surface area is 89.9 Å². The maximum absolute atomic E-state index is 13.1. The van der Waals surface area contributed by atoms with Crippen molar-refractivity contribution in [3.63, 3.8) is 0 Å². The molecule has 2 aliphatic heterocycles. The lowest BCUT2D eigenvalue weighted by molar-refractivity contribution is -0.237. The summed E-state index contributed by atoms with van der Waals surface area (Å²) in [4.78, 5) is 1.16. The van der Waals surface area contributed by atoms with E-state index in [0.717, 1.165) is 4.90 Å². The van der Waals surface area contributed by atoms with E-state index in [9.17, 15) is 13.2 Å². The number of hydrogen-bond acceptors (Lipinski definition) is 2. The van der Waals surface area contributed by atoms with Gasteiger partial charge in [-0.05, 0) is 12.1 Å². The quantitative estimate of drug-likeness (QED) is 0.675. The van der Waals surface area contributed by atoms with Crippen molar-refractivity contribution in [2.75, 3.05) is 4.90 Å². The van der Waals surface area contributed by atoms with Crippen LogP contribution in [0.25, 0.3) is 0 Å². The number of fused-ring (bicyclic) bond motifs is 3. The lowest BCUT2D eigenvalue weighted by Crippen LogP contribution is -2.56. The SMILES string of the molecule is FC(F)(F)C12CC=CN1c1ccccc1O2. The molecule has 0 saturated heterocycles. The summed E-state index contributed by atoms with van der Waals surface area (Å²) in [6.45, 7) is 0. The summed E-state index contributed by atoms with van der Waals surface area (Å²) in [5.41, 5.74) is -1.76. The smallest absolute Gasteiger partial charge is 0.449 e. The maximum atomic E-state index is 13.1. The molecule has 0 N–H and O–H groups in total. The number of halogens is 3. The fraction of sp³-hybridized carbons (Fsp3) is 0.273. The lowest BCUT2D eigenvalue weighted by atomic mass is 10.1. The van der Waals surface area contributed by atoms with Gasteiger partial charge in [-0.2, -0.15) is 13.2 Å². The molecule has 3 rings (SSSR count). The van der Waals surface area contributed by atoms with Gasteiger partial charge in [0.05, 0.1) is 5.69 Å². The third-order valence-electron chi connectivity index (χ3n) is 2.88. The molecule has 0 amide bonds. The molecule has 84 valence electrons. The van der Waals surface area contributed by atoms with Crippen molar-refractivity contribution in [3.05, 3.63) is 36.5 Å². The van der Waals surface area contributed by atoms with Crippen molar-refractivity contribution in [1.29, 1.82) is 0 Å². The highest BCUT2D eigenvalue weighted by Gasteiger charge is 2.65. The molecule has 5 heteroatoms. The predicted molar refractivity (Wildman–Crippen MR) is 52.1 cm³/mol. The molecule has 0 saturated carbocycles. The standard InChI is InChI=1S/C11H8F3NO/c12-11(13,14)10-6-3-7-15(10)8-4-1-2-5-9(8)16-10/h1-5,7H,6H2. The molecule has 1 aromatic carbocycles. The highest BCUT2D eigenvalue weighted by Crippen LogP contribution is 2.53. The van der Waals surface area contributed by atoms with Crippen LogP contribution in [0.3, 0.4) is 0 Å². The van der Waals surface area contributed by atoms with Crippen LogP contribution in [0, 0.1) is 0 Å². The monoisotopic (exact) mass is 227 g/mol. The first-order valence-corrected chi connectivity index (χ1v) is 4.85. The number of anilines is 1. The Kier molecular flexibility index (Phi) is 1.63. The molecule has 16 heavy (non-hydrogen) atoms. The number of ether oxygens (including phenoxy) is 1. The van der Waals surface area contributed by atoms with Crippen LogP contribution in [0.2, 0.25) is 0 Å². The van der Waals surface area contributed by atoms with E-state index in [1.807, 2.05) is 0 Å². The number of nitrogens with zero attached hydrogens (tertiary/aromatic N) is 1. The van der Waals surface area contributed by atoms with Crippen LogP contribution >= 0.6 is 0 Å². The second kappa shape index (κ2) is 2.72. The molecular formula is C11H8F3NO. The van der Waals surface area contributed by atoms with Crippen LogP contribution in [0.5, 0.6) is 5.75 Å². The Hall–Kier alpha value is -1.65. The van der Waals surface area contributed by atoms with E-state index < -0.39 is 11.9 Å². The van der Waals surface area contributed by atoms with Gasteiger partial charge in [0.25, 0.3) is 5.72 Å². The Bertz CT molecular complexity index is 469. The number of hydrogen-bond donors (Lipinski definition) is 0. The van der Waals surface area contributed by atoms with Gasteiger partial charge in [-0.25, -0.2) is 0 Å². The van der Waals surface area contributed by atoms with E-state index in [0.29, 0.717) is 5.69 Å². The van der Waals surface area contributed by atoms with Crippen LogP contribution < -0.4 is 9.64 Å². The molecule has 0 aromatic heterocycles. The van der Waals surface area contributed by atoms with Crippen LogP contribution in [0.15, 0.2) is 36.5 Å². The van der Waals surface area contributed by atoms with Crippen LogP contribution in [0.4, 0.5) is 18.9 Å². The van der Waals surface area contributed by atoms with Crippen molar-refractivity contribution < 1.29 is 17.9 Å². The summed E-state index contributed by atoms with van der Waals surface area (Å²) < 4.78 is 44.3. The second-order valence-electron chi connectivity index (χ2n) is 3.81. The van der Waals surface area contributed by atoms with Crippen molar-refractivity contribution in [2.45, 2.75) is 18.3 Å². The molecule has 2 heterocycles. The summed E-state index contributed by atoms with van der Waals surface area (Å²) in [5.74, 6) is 0.282. The fourth-order valence-electron chi connectivity index (χ4n) is 2.14. The summed E-state index contributed by atoms with van der Waals surface area (Å²) in [5, 5.41) is 0. The van der Waals surface area contributed by atoms with Gasteiger partial charge in [0.1, 0.15) is 5.75 Å². The lowest BCUT2D eigenvalue weighted by Gasteiger charge is -2.33. The van der Waals surface area contributed by atoms with E-state index in [1.165, 1.54) is 12.3 Å². The molecule has 2 nitrogen and oxygen atoms in total. The van der Waals surface area contributed by atoms with E-state index >= 15 is 0 Å². The van der Waals surface area contributed by atoms with E-state index in [2.05, 4.69) is 0 Å². The summed E-state index contributed by atoms with van der Waals surface area (Å²) >= 11 is 0. The largest absolute Gasteiger partial charge is 0.455 e. The van der Waals surface area contributed by atoms with E-state index in [-0.39, 0.29) is 12.2 Å². The number of benzene rings is 1. The Balaban J connectivity index is 2.15. The second-order valence-corrected chi connectivity index (χ2v) is 3.81. The summed E-state index contributed by atoms with van der Waals surface area (Å²) in [6, 6.07) is 6.53. The van der Waals surface area contributed by atoms with Crippen LogP contribution in [-0.2, 0) is 0 Å². The Morgan fingerprint density at radius 2 is 2.00 bits per heavy atom. The zero-order chi connectivity index (χ0) is 11.4. The number of para-hydroxylation sites is 2. The van der Waals surface area contributed by atoms with E-state index in [4.69, 9.17) is 4.74 Å². The van der Waals surface area contributed by atoms with Crippen molar-refractivity contribution >= 4 is 5.69 Å². The molecule has 0 bridgehead atoms. The first-order valence-electron chi connectivity index (χ1n) is 4.85. The topological polar surface area (TPSA) is 12.5 Å². The van der Waals surface area contributed by atoms with Gasteiger partial charge in [-0.15, -0.1) is 0 Å².